The van der Waals surface area contributed by atoms with Crippen molar-refractivity contribution in [2.24, 2.45) is 5.41 Å². The SMILES string of the molecule is CC1(C)CN(Cc2ccccc2)CCC1OC(=O)c1ccc(-n2ccnc2)nc1. The molecule has 29 heavy (non-hydrogen) atoms. The minimum Gasteiger partial charge on any atom is -0.458 e. The van der Waals surface area contributed by atoms with E-state index in [1.807, 2.05) is 12.3 Å². The molecule has 1 aliphatic heterocycles. The number of ether oxygens (including phenoxy) is 1. The Balaban J connectivity index is 1.37. The lowest BCUT2D eigenvalue weighted by molar-refractivity contribution is -0.0497. The Morgan fingerprint density at radius 2 is 2.03 bits per heavy atom. The van der Waals surface area contributed by atoms with Crippen LogP contribution in [0.3, 0.4) is 0 Å². The van der Waals surface area contributed by atoms with Crippen LogP contribution < -0.4 is 0 Å². The van der Waals surface area contributed by atoms with Crippen molar-refractivity contribution >= 4 is 5.97 Å². The summed E-state index contributed by atoms with van der Waals surface area (Å²) in [6.45, 7) is 7.06. The van der Waals surface area contributed by atoms with E-state index in [1.165, 1.54) is 5.56 Å². The largest absolute Gasteiger partial charge is 0.458 e. The molecule has 6 nitrogen and oxygen atoms in total. The highest BCUT2D eigenvalue weighted by Crippen LogP contribution is 2.33. The lowest BCUT2D eigenvalue weighted by Crippen LogP contribution is -2.49. The Bertz CT molecular complexity index is 937. The van der Waals surface area contributed by atoms with Gasteiger partial charge in [0.1, 0.15) is 18.2 Å². The smallest absolute Gasteiger partial charge is 0.339 e. The molecule has 1 atom stereocenters. The third kappa shape index (κ3) is 4.54. The van der Waals surface area contributed by atoms with Gasteiger partial charge in [0.15, 0.2) is 0 Å². The average molecular weight is 390 g/mol. The Kier molecular flexibility index (Phi) is 5.45. The molecule has 3 aromatic rings. The zero-order valence-electron chi connectivity index (χ0n) is 16.9. The van der Waals surface area contributed by atoms with Gasteiger partial charge in [-0.3, -0.25) is 9.47 Å². The molecular weight excluding hydrogens is 364 g/mol. The number of piperidine rings is 1. The van der Waals surface area contributed by atoms with E-state index in [0.29, 0.717) is 11.4 Å². The van der Waals surface area contributed by atoms with Crippen molar-refractivity contribution in [2.45, 2.75) is 32.9 Å². The molecule has 150 valence electrons. The molecule has 0 aliphatic carbocycles. The lowest BCUT2D eigenvalue weighted by atomic mass is 9.81. The van der Waals surface area contributed by atoms with Crippen molar-refractivity contribution in [1.29, 1.82) is 0 Å². The fourth-order valence-electron chi connectivity index (χ4n) is 3.89. The fraction of sp³-hybridized carbons (Fsp3) is 0.348. The van der Waals surface area contributed by atoms with E-state index in [2.05, 4.69) is 53.0 Å². The molecule has 4 rings (SSSR count). The van der Waals surface area contributed by atoms with E-state index in [9.17, 15) is 4.79 Å². The number of hydrogen-bond donors (Lipinski definition) is 0. The molecule has 0 bridgehead atoms. The molecule has 0 N–H and O–H groups in total. The van der Waals surface area contributed by atoms with Crippen LogP contribution in [-0.4, -0.2) is 44.6 Å². The number of nitrogens with zero attached hydrogens (tertiary/aromatic N) is 4. The molecule has 0 saturated carbocycles. The number of rotatable bonds is 5. The van der Waals surface area contributed by atoms with Gasteiger partial charge in [-0.15, -0.1) is 0 Å². The predicted octanol–water partition coefficient (Wildman–Crippen LogP) is 3.72. The van der Waals surface area contributed by atoms with Crippen LogP contribution in [-0.2, 0) is 11.3 Å². The third-order valence-electron chi connectivity index (χ3n) is 5.46. The van der Waals surface area contributed by atoms with Crippen molar-refractivity contribution in [2.75, 3.05) is 13.1 Å². The van der Waals surface area contributed by atoms with Crippen LogP contribution in [0.4, 0.5) is 0 Å². The second kappa shape index (κ2) is 8.17. The second-order valence-electron chi connectivity index (χ2n) is 8.24. The molecule has 1 fully saturated rings. The van der Waals surface area contributed by atoms with E-state index >= 15 is 0 Å². The zero-order chi connectivity index (χ0) is 20.3. The number of benzene rings is 1. The van der Waals surface area contributed by atoms with Crippen LogP contribution in [0.2, 0.25) is 0 Å². The van der Waals surface area contributed by atoms with Gasteiger partial charge in [-0.2, -0.15) is 0 Å². The van der Waals surface area contributed by atoms with Crippen LogP contribution in [0.1, 0.15) is 36.2 Å². The molecule has 1 unspecified atom stereocenters. The van der Waals surface area contributed by atoms with Gasteiger partial charge in [0, 0.05) is 43.6 Å². The Morgan fingerprint density at radius 3 is 2.69 bits per heavy atom. The molecule has 0 amide bonds. The third-order valence-corrected chi connectivity index (χ3v) is 5.46. The number of aromatic nitrogens is 3. The van der Waals surface area contributed by atoms with Crippen LogP contribution in [0.15, 0.2) is 67.4 Å². The highest BCUT2D eigenvalue weighted by Gasteiger charge is 2.38. The maximum atomic E-state index is 12.7. The van der Waals surface area contributed by atoms with Crippen LogP contribution in [0, 0.1) is 5.41 Å². The van der Waals surface area contributed by atoms with Crippen molar-refractivity contribution in [3.8, 4) is 5.82 Å². The molecule has 3 heterocycles. The molecule has 1 aromatic carbocycles. The van der Waals surface area contributed by atoms with Crippen LogP contribution in [0.25, 0.3) is 5.82 Å². The average Bonchev–Trinajstić information content (AvgIpc) is 3.25. The summed E-state index contributed by atoms with van der Waals surface area (Å²) in [5.41, 5.74) is 1.66. The molecule has 1 aliphatic rings. The molecule has 0 radical (unpaired) electrons. The Hall–Kier alpha value is -2.99. The summed E-state index contributed by atoms with van der Waals surface area (Å²) in [5.74, 6) is 0.401. The summed E-state index contributed by atoms with van der Waals surface area (Å²) in [7, 11) is 0. The number of carbonyl (C=O) groups excluding carboxylic acids is 1. The quantitative estimate of drug-likeness (QED) is 0.622. The normalized spacial score (nSPS) is 19.0. The highest BCUT2D eigenvalue weighted by atomic mass is 16.5. The van der Waals surface area contributed by atoms with Gasteiger partial charge in [0.2, 0.25) is 0 Å². The summed E-state index contributed by atoms with van der Waals surface area (Å²) in [6, 6.07) is 14.0. The number of pyridine rings is 1. The monoisotopic (exact) mass is 390 g/mol. The van der Waals surface area contributed by atoms with Gasteiger partial charge in [-0.05, 0) is 24.1 Å². The maximum Gasteiger partial charge on any atom is 0.339 e. The number of imidazole rings is 1. The number of carbonyl (C=O) groups is 1. The summed E-state index contributed by atoms with van der Waals surface area (Å²) >= 11 is 0. The van der Waals surface area contributed by atoms with Crippen molar-refractivity contribution in [1.82, 2.24) is 19.4 Å². The summed E-state index contributed by atoms with van der Waals surface area (Å²) < 4.78 is 7.69. The zero-order valence-corrected chi connectivity index (χ0v) is 16.9. The minimum absolute atomic E-state index is 0.115. The van der Waals surface area contributed by atoms with Crippen molar-refractivity contribution in [3.63, 3.8) is 0 Å². The second-order valence-corrected chi connectivity index (χ2v) is 8.24. The van der Waals surface area contributed by atoms with Crippen molar-refractivity contribution in [3.05, 3.63) is 78.5 Å². The highest BCUT2D eigenvalue weighted by molar-refractivity contribution is 5.89. The first-order valence-electron chi connectivity index (χ1n) is 9.93. The first-order valence-corrected chi connectivity index (χ1v) is 9.93. The lowest BCUT2D eigenvalue weighted by Gasteiger charge is -2.43. The number of likely N-dealkylation sites (tertiary alicyclic amines) is 1. The van der Waals surface area contributed by atoms with Gasteiger partial charge in [-0.1, -0.05) is 44.2 Å². The molecular formula is C23H26N4O2. The molecule has 6 heteroatoms. The van der Waals surface area contributed by atoms with E-state index in [1.54, 1.807) is 35.4 Å². The van der Waals surface area contributed by atoms with Gasteiger partial charge in [-0.25, -0.2) is 14.8 Å². The first-order chi connectivity index (χ1) is 14.0. The number of esters is 1. The fourth-order valence-corrected chi connectivity index (χ4v) is 3.89. The summed E-state index contributed by atoms with van der Waals surface area (Å²) in [5, 5.41) is 0. The van der Waals surface area contributed by atoms with Crippen molar-refractivity contribution < 1.29 is 9.53 Å². The molecule has 2 aromatic heterocycles. The van der Waals surface area contributed by atoms with Crippen LogP contribution in [0.5, 0.6) is 0 Å². The predicted molar refractivity (Wildman–Crippen MR) is 111 cm³/mol. The van der Waals surface area contributed by atoms with Crippen LogP contribution >= 0.6 is 0 Å². The standard InChI is InChI=1S/C23H26N4O2/c1-23(2)16-26(15-18-6-4-3-5-7-18)12-10-20(23)29-22(28)19-8-9-21(25-14-19)27-13-11-24-17-27/h3-9,11,13-14,17,20H,10,12,15-16H2,1-2H3. The van der Waals surface area contributed by atoms with Gasteiger partial charge in [0.05, 0.1) is 5.56 Å². The van der Waals surface area contributed by atoms with E-state index in [-0.39, 0.29) is 17.5 Å². The Labute approximate surface area is 171 Å². The Morgan fingerprint density at radius 1 is 1.21 bits per heavy atom. The van der Waals surface area contributed by atoms with Gasteiger partial charge >= 0.3 is 5.97 Å². The van der Waals surface area contributed by atoms with Gasteiger partial charge in [0.25, 0.3) is 0 Å². The molecule has 0 spiro atoms. The topological polar surface area (TPSA) is 60.2 Å². The molecule has 1 saturated heterocycles. The van der Waals surface area contributed by atoms with E-state index < -0.39 is 0 Å². The summed E-state index contributed by atoms with van der Waals surface area (Å²) in [6.07, 6.45) is 7.45. The minimum atomic E-state index is -0.315. The first kappa shape index (κ1) is 19.3. The van der Waals surface area contributed by atoms with E-state index in [0.717, 1.165) is 26.1 Å². The maximum absolute atomic E-state index is 12.7. The summed E-state index contributed by atoms with van der Waals surface area (Å²) in [4.78, 5) is 23.5. The van der Waals surface area contributed by atoms with E-state index in [4.69, 9.17) is 4.74 Å². The number of hydrogen-bond acceptors (Lipinski definition) is 5. The van der Waals surface area contributed by atoms with Gasteiger partial charge < -0.3 is 4.74 Å².